The highest BCUT2D eigenvalue weighted by Gasteiger charge is 2.17. The molecule has 150 valence electrons. The Labute approximate surface area is 167 Å². The molecular weight excluding hydrogens is 392 g/mol. The summed E-state index contributed by atoms with van der Waals surface area (Å²) in [6.45, 7) is 2.37. The fourth-order valence-corrected chi connectivity index (χ4v) is 3.80. The van der Waals surface area contributed by atoms with Crippen LogP contribution in [0.4, 0.5) is 0 Å². The number of primary sulfonamides is 1. The van der Waals surface area contributed by atoms with Crippen LogP contribution in [0.5, 0.6) is 0 Å². The van der Waals surface area contributed by atoms with Crippen LogP contribution in [0.25, 0.3) is 22.1 Å². The smallest absolute Gasteiger partial charge is 0.294 e. The number of para-hydroxylation sites is 1. The highest BCUT2D eigenvalue weighted by atomic mass is 32.2. The number of aromatic nitrogens is 2. The number of aromatic amines is 1. The number of sulfonamides is 1. The molecule has 1 atom stereocenters. The van der Waals surface area contributed by atoms with Crippen molar-refractivity contribution < 1.29 is 12.8 Å². The van der Waals surface area contributed by atoms with Crippen molar-refractivity contribution in [3.05, 3.63) is 70.3 Å². The van der Waals surface area contributed by atoms with Crippen molar-refractivity contribution in [1.29, 1.82) is 0 Å². The molecule has 0 aliphatic heterocycles. The number of hydrogen-bond acceptors (Lipinski definition) is 6. The zero-order valence-corrected chi connectivity index (χ0v) is 16.7. The standard InChI is InChI=1S/C20H20N4O4S/c1-12(13-7-9-14(10-8-13)29(21,26)27)24(2)11-17-22-18-15-5-3-4-6-16(15)28-19(18)20(25)23-17/h3-10,12H,11H2,1-2H3,(H2,21,26,27)(H,22,23,25)/t12-/m0/s1. The van der Waals surface area contributed by atoms with Gasteiger partial charge in [-0.2, -0.15) is 0 Å². The third-order valence-electron chi connectivity index (χ3n) is 5.03. The fraction of sp³-hybridized carbons (Fsp3) is 0.200. The monoisotopic (exact) mass is 412 g/mol. The zero-order chi connectivity index (χ0) is 20.8. The summed E-state index contributed by atoms with van der Waals surface area (Å²) in [4.78, 5) is 21.9. The summed E-state index contributed by atoms with van der Waals surface area (Å²) in [7, 11) is -1.83. The van der Waals surface area contributed by atoms with Gasteiger partial charge in [-0.25, -0.2) is 18.5 Å². The highest BCUT2D eigenvalue weighted by molar-refractivity contribution is 7.89. The van der Waals surface area contributed by atoms with E-state index in [1.54, 1.807) is 18.2 Å². The minimum absolute atomic E-state index is 0.0494. The number of nitrogens with one attached hydrogen (secondary N) is 1. The van der Waals surface area contributed by atoms with Gasteiger partial charge in [0.25, 0.3) is 5.56 Å². The summed E-state index contributed by atoms with van der Waals surface area (Å²) < 4.78 is 28.5. The number of benzene rings is 2. The van der Waals surface area contributed by atoms with E-state index in [0.717, 1.165) is 10.9 Å². The quantitative estimate of drug-likeness (QED) is 0.519. The molecule has 0 unspecified atom stereocenters. The molecule has 4 rings (SSSR count). The molecule has 2 heterocycles. The molecule has 0 amide bonds. The van der Waals surface area contributed by atoms with Crippen molar-refractivity contribution in [2.45, 2.75) is 24.4 Å². The van der Waals surface area contributed by atoms with E-state index in [-0.39, 0.29) is 22.1 Å². The molecule has 2 aromatic carbocycles. The maximum absolute atomic E-state index is 12.4. The Morgan fingerprint density at radius 2 is 1.86 bits per heavy atom. The molecule has 0 saturated carbocycles. The molecule has 4 aromatic rings. The number of nitrogens with two attached hydrogens (primary N) is 1. The Balaban J connectivity index is 1.62. The first-order valence-electron chi connectivity index (χ1n) is 8.97. The first-order valence-corrected chi connectivity index (χ1v) is 10.5. The van der Waals surface area contributed by atoms with Crippen LogP contribution in [-0.4, -0.2) is 30.3 Å². The van der Waals surface area contributed by atoms with Gasteiger partial charge in [-0.1, -0.05) is 24.3 Å². The van der Waals surface area contributed by atoms with Gasteiger partial charge < -0.3 is 9.40 Å². The highest BCUT2D eigenvalue weighted by Crippen LogP contribution is 2.25. The van der Waals surface area contributed by atoms with E-state index in [4.69, 9.17) is 9.56 Å². The van der Waals surface area contributed by atoms with E-state index in [2.05, 4.69) is 9.97 Å². The average molecular weight is 412 g/mol. The van der Waals surface area contributed by atoms with Crippen molar-refractivity contribution >= 4 is 32.1 Å². The number of H-pyrrole nitrogens is 1. The topological polar surface area (TPSA) is 122 Å². The second-order valence-electron chi connectivity index (χ2n) is 6.99. The molecule has 8 nitrogen and oxygen atoms in total. The van der Waals surface area contributed by atoms with Gasteiger partial charge >= 0.3 is 0 Å². The molecule has 0 fully saturated rings. The largest absolute Gasteiger partial charge is 0.449 e. The van der Waals surface area contributed by atoms with E-state index < -0.39 is 10.0 Å². The zero-order valence-electron chi connectivity index (χ0n) is 15.9. The van der Waals surface area contributed by atoms with Gasteiger partial charge in [0.2, 0.25) is 15.6 Å². The van der Waals surface area contributed by atoms with Crippen LogP contribution in [0.1, 0.15) is 24.4 Å². The third kappa shape index (κ3) is 3.67. The molecule has 0 aliphatic carbocycles. The van der Waals surface area contributed by atoms with Crippen LogP contribution < -0.4 is 10.7 Å². The van der Waals surface area contributed by atoms with Crippen LogP contribution in [0.3, 0.4) is 0 Å². The Bertz CT molecular complexity index is 1360. The summed E-state index contributed by atoms with van der Waals surface area (Å²) in [6, 6.07) is 13.8. The van der Waals surface area contributed by atoms with Crippen LogP contribution in [0, 0.1) is 0 Å². The average Bonchev–Trinajstić information content (AvgIpc) is 3.06. The summed E-state index contributed by atoms with van der Waals surface area (Å²) in [5, 5.41) is 5.94. The Hall–Kier alpha value is -3.01. The van der Waals surface area contributed by atoms with Crippen molar-refractivity contribution in [1.82, 2.24) is 14.9 Å². The molecule has 9 heteroatoms. The van der Waals surface area contributed by atoms with Crippen molar-refractivity contribution in [2.24, 2.45) is 5.14 Å². The molecule has 0 bridgehead atoms. The normalized spacial score (nSPS) is 13.4. The summed E-state index contributed by atoms with van der Waals surface area (Å²) in [5.74, 6) is 0.518. The predicted molar refractivity (Wildman–Crippen MR) is 110 cm³/mol. The Morgan fingerprint density at radius 1 is 1.17 bits per heavy atom. The van der Waals surface area contributed by atoms with E-state index in [0.29, 0.717) is 23.5 Å². The lowest BCUT2D eigenvalue weighted by molar-refractivity contribution is 0.247. The van der Waals surface area contributed by atoms with E-state index >= 15 is 0 Å². The number of furan rings is 1. The Kier molecular flexibility index (Phi) is 4.73. The van der Waals surface area contributed by atoms with Gasteiger partial charge in [-0.05, 0) is 43.8 Å². The van der Waals surface area contributed by atoms with Crippen LogP contribution in [0.15, 0.2) is 62.6 Å². The lowest BCUT2D eigenvalue weighted by atomic mass is 10.1. The molecule has 0 spiro atoms. The summed E-state index contributed by atoms with van der Waals surface area (Å²) >= 11 is 0. The second-order valence-corrected chi connectivity index (χ2v) is 8.56. The van der Waals surface area contributed by atoms with Gasteiger partial charge in [0.1, 0.15) is 16.9 Å². The van der Waals surface area contributed by atoms with Crippen molar-refractivity contribution in [3.63, 3.8) is 0 Å². The number of hydrogen-bond donors (Lipinski definition) is 2. The van der Waals surface area contributed by atoms with Crippen LogP contribution in [-0.2, 0) is 16.6 Å². The molecule has 3 N–H and O–H groups in total. The minimum atomic E-state index is -3.72. The maximum atomic E-state index is 12.4. The molecule has 2 aromatic heterocycles. The van der Waals surface area contributed by atoms with E-state index in [1.807, 2.05) is 37.1 Å². The first-order chi connectivity index (χ1) is 13.7. The summed E-state index contributed by atoms with van der Waals surface area (Å²) in [6.07, 6.45) is 0. The number of fused-ring (bicyclic) bond motifs is 3. The molecule has 0 radical (unpaired) electrons. The lowest BCUT2D eigenvalue weighted by Gasteiger charge is -2.24. The molecule has 29 heavy (non-hydrogen) atoms. The first kappa shape index (κ1) is 19.3. The molecule has 0 aliphatic rings. The number of nitrogens with zero attached hydrogens (tertiary/aromatic N) is 2. The van der Waals surface area contributed by atoms with Gasteiger partial charge in [0.15, 0.2) is 0 Å². The van der Waals surface area contributed by atoms with Gasteiger partial charge in [0, 0.05) is 11.4 Å². The molecule has 0 saturated heterocycles. The summed E-state index contributed by atoms with van der Waals surface area (Å²) in [5.41, 5.74) is 1.97. The van der Waals surface area contributed by atoms with Crippen LogP contribution in [0.2, 0.25) is 0 Å². The predicted octanol–water partition coefficient (Wildman–Crippen LogP) is 2.51. The maximum Gasteiger partial charge on any atom is 0.294 e. The van der Waals surface area contributed by atoms with Gasteiger partial charge in [0.05, 0.1) is 11.4 Å². The third-order valence-corrected chi connectivity index (χ3v) is 5.96. The number of rotatable bonds is 5. The minimum Gasteiger partial charge on any atom is -0.449 e. The lowest BCUT2D eigenvalue weighted by Crippen LogP contribution is -2.25. The van der Waals surface area contributed by atoms with Gasteiger partial charge in [-0.15, -0.1) is 0 Å². The van der Waals surface area contributed by atoms with E-state index in [9.17, 15) is 13.2 Å². The van der Waals surface area contributed by atoms with Crippen molar-refractivity contribution in [2.75, 3.05) is 7.05 Å². The molecular formula is C20H20N4O4S. The van der Waals surface area contributed by atoms with Crippen LogP contribution >= 0.6 is 0 Å². The van der Waals surface area contributed by atoms with Crippen molar-refractivity contribution in [3.8, 4) is 0 Å². The second kappa shape index (κ2) is 7.11. The SMILES string of the molecule is C[C@@H](c1ccc(S(N)(=O)=O)cc1)N(C)Cc1nc2c(oc3ccccc32)c(=O)[nH]1. The van der Waals surface area contributed by atoms with Gasteiger partial charge in [-0.3, -0.25) is 9.69 Å². The fourth-order valence-electron chi connectivity index (χ4n) is 3.29. The Morgan fingerprint density at radius 3 is 2.55 bits per heavy atom. The van der Waals surface area contributed by atoms with E-state index in [1.165, 1.54) is 12.1 Å².